The van der Waals surface area contributed by atoms with Crippen LogP contribution in [0.15, 0.2) is 60.8 Å². The van der Waals surface area contributed by atoms with E-state index in [1.165, 1.54) is 31.4 Å². The number of halogens is 1. The van der Waals surface area contributed by atoms with Crippen molar-refractivity contribution in [3.63, 3.8) is 0 Å². The molecular formula is C23H26FN3. The molecule has 2 heterocycles. The molecule has 2 unspecified atom stereocenters. The van der Waals surface area contributed by atoms with Crippen molar-refractivity contribution >= 4 is 10.9 Å². The van der Waals surface area contributed by atoms with Crippen molar-refractivity contribution in [1.82, 2.24) is 15.6 Å². The molecule has 3 nitrogen and oxygen atoms in total. The first kappa shape index (κ1) is 18.1. The number of aromatic nitrogens is 1. The number of nitrogens with zero attached hydrogens (tertiary/aromatic N) is 1. The number of hydrogen-bond donors (Lipinski definition) is 2. The fourth-order valence-electron chi connectivity index (χ4n) is 3.87. The van der Waals surface area contributed by atoms with Crippen LogP contribution in [-0.2, 0) is 0 Å². The Morgan fingerprint density at radius 2 is 1.81 bits per heavy atom. The summed E-state index contributed by atoms with van der Waals surface area (Å²) in [5, 5.41) is 8.47. The quantitative estimate of drug-likeness (QED) is 0.712. The molecule has 2 aromatic carbocycles. The molecule has 0 aliphatic carbocycles. The molecule has 0 amide bonds. The highest BCUT2D eigenvalue weighted by Gasteiger charge is 2.20. The largest absolute Gasteiger partial charge is 0.317 e. The molecule has 0 bridgehead atoms. The molecule has 2 atom stereocenters. The maximum atomic E-state index is 13.5. The van der Waals surface area contributed by atoms with E-state index in [2.05, 4.69) is 27.8 Å². The van der Waals surface area contributed by atoms with Gasteiger partial charge in [-0.15, -0.1) is 0 Å². The molecule has 0 saturated carbocycles. The first-order valence-electron chi connectivity index (χ1n) is 9.86. The number of nitrogens with one attached hydrogen (secondary N) is 2. The smallest absolute Gasteiger partial charge is 0.123 e. The van der Waals surface area contributed by atoms with Crippen LogP contribution < -0.4 is 10.6 Å². The van der Waals surface area contributed by atoms with Gasteiger partial charge in [0.1, 0.15) is 5.82 Å². The van der Waals surface area contributed by atoms with Gasteiger partial charge >= 0.3 is 0 Å². The van der Waals surface area contributed by atoms with Gasteiger partial charge in [0.05, 0.1) is 11.6 Å². The normalized spacial score (nSPS) is 19.4. The fourth-order valence-corrected chi connectivity index (χ4v) is 3.87. The van der Waals surface area contributed by atoms with Gasteiger partial charge in [-0.25, -0.2) is 4.39 Å². The second kappa shape index (κ2) is 8.59. The van der Waals surface area contributed by atoms with Crippen molar-refractivity contribution in [2.45, 2.75) is 37.8 Å². The highest BCUT2D eigenvalue weighted by Crippen LogP contribution is 2.26. The predicted molar refractivity (Wildman–Crippen MR) is 108 cm³/mol. The molecule has 140 valence electrons. The molecule has 0 radical (unpaired) electrons. The Labute approximate surface area is 160 Å². The number of fused-ring (bicyclic) bond motifs is 1. The van der Waals surface area contributed by atoms with Crippen LogP contribution >= 0.6 is 0 Å². The highest BCUT2D eigenvalue weighted by atomic mass is 19.1. The Morgan fingerprint density at radius 1 is 0.963 bits per heavy atom. The summed E-state index contributed by atoms with van der Waals surface area (Å²) in [6.07, 6.45) is 6.65. The minimum absolute atomic E-state index is 0.00660. The zero-order valence-electron chi connectivity index (χ0n) is 15.5. The Hall–Kier alpha value is -2.30. The Balaban J connectivity index is 1.66. The van der Waals surface area contributed by atoms with E-state index in [9.17, 15) is 4.39 Å². The van der Waals surface area contributed by atoms with E-state index in [0.717, 1.165) is 41.5 Å². The van der Waals surface area contributed by atoms with Gasteiger partial charge in [0.15, 0.2) is 0 Å². The first-order chi connectivity index (χ1) is 13.3. The third-order valence-corrected chi connectivity index (χ3v) is 5.38. The van der Waals surface area contributed by atoms with E-state index in [-0.39, 0.29) is 11.9 Å². The minimum Gasteiger partial charge on any atom is -0.317 e. The van der Waals surface area contributed by atoms with Gasteiger partial charge in [-0.05, 0) is 67.7 Å². The van der Waals surface area contributed by atoms with Crippen molar-refractivity contribution in [1.29, 1.82) is 0 Å². The second-order valence-corrected chi connectivity index (χ2v) is 7.34. The van der Waals surface area contributed by atoms with Crippen LogP contribution in [0.5, 0.6) is 0 Å². The molecule has 3 aromatic rings. The highest BCUT2D eigenvalue weighted by molar-refractivity contribution is 5.79. The number of para-hydroxylation sites is 1. The van der Waals surface area contributed by atoms with Gasteiger partial charge in [-0.1, -0.05) is 36.8 Å². The lowest BCUT2D eigenvalue weighted by Crippen LogP contribution is -2.37. The summed E-state index contributed by atoms with van der Waals surface area (Å²) in [7, 11) is 0. The summed E-state index contributed by atoms with van der Waals surface area (Å²) in [5.41, 5.74) is 3.19. The molecule has 4 heteroatoms. The minimum atomic E-state index is -0.204. The third kappa shape index (κ3) is 4.52. The van der Waals surface area contributed by atoms with E-state index in [1.807, 2.05) is 36.5 Å². The second-order valence-electron chi connectivity index (χ2n) is 7.34. The molecule has 1 fully saturated rings. The monoisotopic (exact) mass is 363 g/mol. The van der Waals surface area contributed by atoms with E-state index in [0.29, 0.717) is 6.04 Å². The van der Waals surface area contributed by atoms with Gasteiger partial charge in [0, 0.05) is 17.6 Å². The number of benzene rings is 2. The summed E-state index contributed by atoms with van der Waals surface area (Å²) in [5.74, 6) is -0.204. The Bertz CT molecular complexity index is 870. The van der Waals surface area contributed by atoms with Gasteiger partial charge in [0.25, 0.3) is 0 Å². The zero-order valence-corrected chi connectivity index (χ0v) is 15.5. The number of rotatable bonds is 4. The van der Waals surface area contributed by atoms with Crippen LogP contribution in [0, 0.1) is 5.82 Å². The summed E-state index contributed by atoms with van der Waals surface area (Å²) >= 11 is 0. The summed E-state index contributed by atoms with van der Waals surface area (Å²) < 4.78 is 13.5. The molecule has 1 saturated heterocycles. The molecular weight excluding hydrogens is 337 g/mol. The van der Waals surface area contributed by atoms with Crippen molar-refractivity contribution < 1.29 is 4.39 Å². The molecule has 2 N–H and O–H groups in total. The van der Waals surface area contributed by atoms with Crippen LogP contribution in [0.1, 0.15) is 42.9 Å². The Kier molecular flexibility index (Phi) is 5.75. The van der Waals surface area contributed by atoms with Gasteiger partial charge in [-0.2, -0.15) is 0 Å². The fraction of sp³-hybridized carbons (Fsp3) is 0.348. The maximum Gasteiger partial charge on any atom is 0.123 e. The summed E-state index contributed by atoms with van der Waals surface area (Å²) in [6.45, 7) is 2.15. The number of pyridine rings is 1. The van der Waals surface area contributed by atoms with Crippen molar-refractivity contribution in [3.05, 3.63) is 77.7 Å². The van der Waals surface area contributed by atoms with Crippen LogP contribution in [0.2, 0.25) is 0 Å². The molecule has 1 aliphatic rings. The first-order valence-corrected chi connectivity index (χ1v) is 9.86. The van der Waals surface area contributed by atoms with Gasteiger partial charge < -0.3 is 10.6 Å². The summed E-state index contributed by atoms with van der Waals surface area (Å²) in [6, 6.07) is 17.6. The van der Waals surface area contributed by atoms with Gasteiger partial charge in [0.2, 0.25) is 0 Å². The van der Waals surface area contributed by atoms with E-state index < -0.39 is 0 Å². The molecule has 4 rings (SSSR count). The topological polar surface area (TPSA) is 37.0 Å². The average Bonchev–Trinajstić information content (AvgIpc) is 2.68. The SMILES string of the molecule is Fc1ccc(C(NC2CCCCNCC2)c2cnc3ccccc3c2)cc1. The summed E-state index contributed by atoms with van der Waals surface area (Å²) in [4.78, 5) is 4.65. The maximum absolute atomic E-state index is 13.5. The molecule has 0 spiro atoms. The van der Waals surface area contributed by atoms with Crippen LogP contribution in [0.4, 0.5) is 4.39 Å². The van der Waals surface area contributed by atoms with E-state index >= 15 is 0 Å². The zero-order chi connectivity index (χ0) is 18.5. The standard InChI is InChI=1S/C23H26FN3/c24-20-10-8-17(9-11-20)23(27-21-6-3-4-13-25-14-12-21)19-15-18-5-1-2-7-22(18)26-16-19/h1-2,5,7-11,15-16,21,23,25,27H,3-4,6,12-14H2. The average molecular weight is 363 g/mol. The predicted octanol–water partition coefficient (Wildman–Crippen LogP) is 4.59. The van der Waals surface area contributed by atoms with Gasteiger partial charge in [-0.3, -0.25) is 4.98 Å². The third-order valence-electron chi connectivity index (χ3n) is 5.38. The van der Waals surface area contributed by atoms with Crippen molar-refractivity contribution in [2.75, 3.05) is 13.1 Å². The van der Waals surface area contributed by atoms with Crippen molar-refractivity contribution in [3.8, 4) is 0 Å². The lowest BCUT2D eigenvalue weighted by molar-refractivity contribution is 0.378. The molecule has 27 heavy (non-hydrogen) atoms. The van der Waals surface area contributed by atoms with E-state index in [1.54, 1.807) is 0 Å². The molecule has 1 aliphatic heterocycles. The number of hydrogen-bond acceptors (Lipinski definition) is 3. The van der Waals surface area contributed by atoms with Crippen LogP contribution in [-0.4, -0.2) is 24.1 Å². The Morgan fingerprint density at radius 3 is 2.70 bits per heavy atom. The van der Waals surface area contributed by atoms with E-state index in [4.69, 9.17) is 0 Å². The van der Waals surface area contributed by atoms with Crippen molar-refractivity contribution in [2.24, 2.45) is 0 Å². The lowest BCUT2D eigenvalue weighted by Gasteiger charge is -2.28. The molecule has 1 aromatic heterocycles. The van der Waals surface area contributed by atoms with Crippen LogP contribution in [0.25, 0.3) is 10.9 Å². The lowest BCUT2D eigenvalue weighted by atomic mass is 9.95. The van der Waals surface area contributed by atoms with Crippen LogP contribution in [0.3, 0.4) is 0 Å².